The zero-order valence-corrected chi connectivity index (χ0v) is 14.3. The molecule has 4 heteroatoms. The molecule has 1 amide bonds. The summed E-state index contributed by atoms with van der Waals surface area (Å²) in [6.45, 7) is 2.05. The van der Waals surface area contributed by atoms with Gasteiger partial charge in [0.2, 0.25) is 5.91 Å². The third-order valence-electron chi connectivity index (χ3n) is 4.76. The summed E-state index contributed by atoms with van der Waals surface area (Å²) < 4.78 is 0. The Kier molecular flexibility index (Phi) is 4.93. The minimum absolute atomic E-state index is 0.0173. The molecule has 0 bridgehead atoms. The first-order valence-electron chi connectivity index (χ1n) is 8.07. The highest BCUT2D eigenvalue weighted by Gasteiger charge is 2.45. The van der Waals surface area contributed by atoms with Crippen molar-refractivity contribution in [1.29, 1.82) is 0 Å². The van der Waals surface area contributed by atoms with Crippen molar-refractivity contribution < 1.29 is 9.90 Å². The van der Waals surface area contributed by atoms with E-state index in [1.807, 2.05) is 19.2 Å². The summed E-state index contributed by atoms with van der Waals surface area (Å²) in [6.07, 6.45) is 2.87. The molecule has 122 valence electrons. The van der Waals surface area contributed by atoms with Gasteiger partial charge in [0.05, 0.1) is 6.61 Å². The van der Waals surface area contributed by atoms with Crippen LogP contribution in [0.3, 0.4) is 0 Å². The first-order valence-corrected chi connectivity index (χ1v) is 9.36. The predicted molar refractivity (Wildman–Crippen MR) is 96.8 cm³/mol. The maximum Gasteiger partial charge on any atom is 0.223 e. The number of amides is 1. The van der Waals surface area contributed by atoms with Crippen molar-refractivity contribution in [2.24, 2.45) is 5.92 Å². The van der Waals surface area contributed by atoms with Gasteiger partial charge in [-0.05, 0) is 41.9 Å². The summed E-state index contributed by atoms with van der Waals surface area (Å²) in [6, 6.07) is 14.7. The Morgan fingerprint density at radius 3 is 2.78 bits per heavy atom. The zero-order chi connectivity index (χ0) is 16.4. The Bertz CT molecular complexity index is 693. The summed E-state index contributed by atoms with van der Waals surface area (Å²) in [5.41, 5.74) is 1.28. The number of rotatable bonds is 6. The van der Waals surface area contributed by atoms with Crippen molar-refractivity contribution in [2.45, 2.75) is 30.6 Å². The van der Waals surface area contributed by atoms with E-state index in [1.54, 1.807) is 11.8 Å². The van der Waals surface area contributed by atoms with Gasteiger partial charge in [0.15, 0.2) is 0 Å². The van der Waals surface area contributed by atoms with Crippen LogP contribution < -0.4 is 5.32 Å². The minimum Gasteiger partial charge on any atom is -0.395 e. The average molecular weight is 329 g/mol. The number of carbonyl (C=O) groups is 1. The van der Waals surface area contributed by atoms with Crippen molar-refractivity contribution in [3.05, 3.63) is 48.0 Å². The molecule has 0 spiro atoms. The van der Waals surface area contributed by atoms with E-state index in [0.717, 1.165) is 6.42 Å². The topological polar surface area (TPSA) is 49.3 Å². The number of aliphatic hydroxyl groups is 1. The van der Waals surface area contributed by atoms with Crippen LogP contribution in [0.1, 0.15) is 24.8 Å². The molecule has 1 saturated carbocycles. The minimum atomic E-state index is -0.0173. The fourth-order valence-electron chi connectivity index (χ4n) is 3.26. The van der Waals surface area contributed by atoms with E-state index in [9.17, 15) is 9.90 Å². The summed E-state index contributed by atoms with van der Waals surface area (Å²) in [4.78, 5) is 12.5. The maximum absolute atomic E-state index is 12.5. The van der Waals surface area contributed by atoms with Gasteiger partial charge in [0.25, 0.3) is 0 Å². The van der Waals surface area contributed by atoms with Gasteiger partial charge in [0, 0.05) is 17.2 Å². The van der Waals surface area contributed by atoms with Crippen molar-refractivity contribution in [3.8, 4) is 0 Å². The molecule has 3 nitrogen and oxygen atoms in total. The Morgan fingerprint density at radius 2 is 2.04 bits per heavy atom. The molecule has 23 heavy (non-hydrogen) atoms. The van der Waals surface area contributed by atoms with Crippen LogP contribution in [0, 0.1) is 5.92 Å². The molecule has 1 fully saturated rings. The van der Waals surface area contributed by atoms with Crippen molar-refractivity contribution >= 4 is 28.4 Å². The molecular weight excluding hydrogens is 306 g/mol. The van der Waals surface area contributed by atoms with Crippen LogP contribution in [-0.4, -0.2) is 35.2 Å². The molecule has 4 unspecified atom stereocenters. The van der Waals surface area contributed by atoms with E-state index in [0.29, 0.717) is 5.92 Å². The Hall–Kier alpha value is -1.52. The van der Waals surface area contributed by atoms with Crippen molar-refractivity contribution in [2.75, 3.05) is 12.9 Å². The molecule has 2 N–H and O–H groups in total. The van der Waals surface area contributed by atoms with E-state index in [-0.39, 0.29) is 29.7 Å². The smallest absolute Gasteiger partial charge is 0.223 e. The highest BCUT2D eigenvalue weighted by atomic mass is 32.2. The van der Waals surface area contributed by atoms with E-state index in [4.69, 9.17) is 0 Å². The lowest BCUT2D eigenvalue weighted by molar-refractivity contribution is -0.123. The lowest BCUT2D eigenvalue weighted by Crippen LogP contribution is -2.42. The van der Waals surface area contributed by atoms with Crippen LogP contribution in [0.25, 0.3) is 10.8 Å². The van der Waals surface area contributed by atoms with Crippen LogP contribution in [0.5, 0.6) is 0 Å². The van der Waals surface area contributed by atoms with Crippen LogP contribution in [0.15, 0.2) is 42.5 Å². The Balaban J connectivity index is 1.70. The van der Waals surface area contributed by atoms with Gasteiger partial charge >= 0.3 is 0 Å². The number of carbonyl (C=O) groups excluding carboxylic acids is 1. The van der Waals surface area contributed by atoms with Gasteiger partial charge in [-0.1, -0.05) is 42.5 Å². The summed E-state index contributed by atoms with van der Waals surface area (Å²) in [5.74, 6) is 0.488. The zero-order valence-electron chi connectivity index (χ0n) is 13.5. The summed E-state index contributed by atoms with van der Waals surface area (Å²) >= 11 is 1.59. The van der Waals surface area contributed by atoms with Gasteiger partial charge < -0.3 is 10.4 Å². The van der Waals surface area contributed by atoms with Crippen LogP contribution in [-0.2, 0) is 4.79 Å². The van der Waals surface area contributed by atoms with Gasteiger partial charge in [0.1, 0.15) is 0 Å². The number of aliphatic hydroxyl groups excluding tert-OH is 1. The lowest BCUT2D eigenvalue weighted by Gasteiger charge is -2.21. The van der Waals surface area contributed by atoms with Crippen molar-refractivity contribution in [1.82, 2.24) is 5.32 Å². The van der Waals surface area contributed by atoms with Crippen LogP contribution in [0.4, 0.5) is 0 Å². The van der Waals surface area contributed by atoms with Crippen molar-refractivity contribution in [3.63, 3.8) is 0 Å². The number of nitrogens with one attached hydrogen (secondary N) is 1. The van der Waals surface area contributed by atoms with Gasteiger partial charge in [-0.3, -0.25) is 4.79 Å². The first kappa shape index (κ1) is 16.3. The van der Waals surface area contributed by atoms with Gasteiger partial charge in [-0.25, -0.2) is 0 Å². The fourth-order valence-corrected chi connectivity index (χ4v) is 3.89. The molecule has 0 aliphatic heterocycles. The van der Waals surface area contributed by atoms with Gasteiger partial charge in [-0.2, -0.15) is 11.8 Å². The number of hydrogen-bond acceptors (Lipinski definition) is 3. The third-order valence-corrected chi connectivity index (χ3v) is 5.92. The van der Waals surface area contributed by atoms with E-state index in [2.05, 4.69) is 41.7 Å². The number of hydrogen-bond donors (Lipinski definition) is 2. The molecule has 0 radical (unpaired) electrons. The molecule has 1 aliphatic rings. The normalized spacial score (nSPS) is 22.6. The monoisotopic (exact) mass is 329 g/mol. The quantitative estimate of drug-likeness (QED) is 0.856. The molecule has 4 atom stereocenters. The number of thioether (sulfide) groups is 1. The van der Waals surface area contributed by atoms with E-state index >= 15 is 0 Å². The summed E-state index contributed by atoms with van der Waals surface area (Å²) in [7, 11) is 0. The maximum atomic E-state index is 12.5. The van der Waals surface area contributed by atoms with E-state index in [1.165, 1.54) is 16.3 Å². The second-order valence-corrected chi connectivity index (χ2v) is 7.35. The molecule has 2 aromatic carbocycles. The standard InChI is InChI=1S/C19H23NO2S/c1-12(18(11-21)23-2)20-19(22)17-10-16(17)15-9-5-7-13-6-3-4-8-14(13)15/h3-9,12,16-18,21H,10-11H2,1-2H3,(H,20,22). The molecular formula is C19H23NO2S. The third kappa shape index (κ3) is 3.38. The predicted octanol–water partition coefficient (Wildman–Crippen LogP) is 3.17. The number of fused-ring (bicyclic) bond motifs is 1. The molecule has 3 rings (SSSR count). The first-order chi connectivity index (χ1) is 11.2. The molecule has 1 aliphatic carbocycles. The molecule has 0 aromatic heterocycles. The average Bonchev–Trinajstić information content (AvgIpc) is 3.36. The molecule has 2 aromatic rings. The molecule has 0 heterocycles. The van der Waals surface area contributed by atoms with Crippen LogP contribution >= 0.6 is 11.8 Å². The second kappa shape index (κ2) is 6.93. The Labute approximate surface area is 141 Å². The SMILES string of the molecule is CSC(CO)C(C)NC(=O)C1CC1c1cccc2ccccc12. The number of benzene rings is 2. The van der Waals surface area contributed by atoms with Gasteiger partial charge in [-0.15, -0.1) is 0 Å². The highest BCUT2D eigenvalue weighted by Crippen LogP contribution is 2.49. The molecule has 0 saturated heterocycles. The lowest BCUT2D eigenvalue weighted by atomic mass is 10.00. The van der Waals surface area contributed by atoms with Crippen LogP contribution in [0.2, 0.25) is 0 Å². The van der Waals surface area contributed by atoms with E-state index < -0.39 is 0 Å². The fraction of sp³-hybridized carbons (Fsp3) is 0.421. The largest absolute Gasteiger partial charge is 0.395 e. The Morgan fingerprint density at radius 1 is 1.30 bits per heavy atom. The summed E-state index contributed by atoms with van der Waals surface area (Å²) in [5, 5.41) is 14.9. The second-order valence-electron chi connectivity index (χ2n) is 6.27. The highest BCUT2D eigenvalue weighted by molar-refractivity contribution is 7.99.